The molecule has 1 aliphatic carbocycles. The van der Waals surface area contributed by atoms with Gasteiger partial charge in [-0.3, -0.25) is 4.79 Å². The Labute approximate surface area is 107 Å². The standard InChI is InChI=1S/C15H29NO/c1-12(15(2,3)4)11-14(17)16-10-9-13-7-5-6-8-13/h12-13H,5-11H2,1-4H3,(H,16,17). The summed E-state index contributed by atoms with van der Waals surface area (Å²) in [5.41, 5.74) is 0.225. The molecular weight excluding hydrogens is 210 g/mol. The minimum Gasteiger partial charge on any atom is -0.356 e. The molecule has 1 amide bonds. The zero-order chi connectivity index (χ0) is 12.9. The van der Waals surface area contributed by atoms with Gasteiger partial charge < -0.3 is 5.32 Å². The van der Waals surface area contributed by atoms with E-state index in [4.69, 9.17) is 0 Å². The Hall–Kier alpha value is -0.530. The molecule has 0 spiro atoms. The van der Waals surface area contributed by atoms with E-state index in [-0.39, 0.29) is 11.3 Å². The summed E-state index contributed by atoms with van der Waals surface area (Å²) in [7, 11) is 0. The zero-order valence-electron chi connectivity index (χ0n) is 12.0. The number of rotatable bonds is 5. The van der Waals surface area contributed by atoms with Crippen LogP contribution in [-0.4, -0.2) is 12.5 Å². The van der Waals surface area contributed by atoms with Crippen LogP contribution in [0.15, 0.2) is 0 Å². The molecule has 1 saturated carbocycles. The molecule has 1 aliphatic rings. The van der Waals surface area contributed by atoms with Crippen LogP contribution in [-0.2, 0) is 4.79 Å². The summed E-state index contributed by atoms with van der Waals surface area (Å²) in [5.74, 6) is 1.54. The number of hydrogen-bond donors (Lipinski definition) is 1. The summed E-state index contributed by atoms with van der Waals surface area (Å²) in [4.78, 5) is 11.8. The van der Waals surface area contributed by atoms with Gasteiger partial charge in [-0.1, -0.05) is 53.4 Å². The average molecular weight is 239 g/mol. The van der Waals surface area contributed by atoms with Crippen molar-refractivity contribution in [2.24, 2.45) is 17.3 Å². The lowest BCUT2D eigenvalue weighted by Crippen LogP contribution is -2.30. The first-order chi connectivity index (χ1) is 7.89. The lowest BCUT2D eigenvalue weighted by molar-refractivity contribution is -0.122. The van der Waals surface area contributed by atoms with Gasteiger partial charge in [-0.25, -0.2) is 0 Å². The number of carbonyl (C=O) groups excluding carboxylic acids is 1. The summed E-state index contributed by atoms with van der Waals surface area (Å²) in [5, 5.41) is 3.07. The van der Waals surface area contributed by atoms with Crippen molar-refractivity contribution in [2.45, 2.75) is 66.2 Å². The van der Waals surface area contributed by atoms with Crippen LogP contribution >= 0.6 is 0 Å². The van der Waals surface area contributed by atoms with Crippen molar-refractivity contribution in [3.05, 3.63) is 0 Å². The van der Waals surface area contributed by atoms with E-state index in [0.29, 0.717) is 12.3 Å². The monoisotopic (exact) mass is 239 g/mol. The zero-order valence-corrected chi connectivity index (χ0v) is 12.0. The van der Waals surface area contributed by atoms with Crippen molar-refractivity contribution in [1.82, 2.24) is 5.32 Å². The molecule has 0 heterocycles. The summed E-state index contributed by atoms with van der Waals surface area (Å²) < 4.78 is 0. The Kier molecular flexibility index (Phi) is 5.48. The maximum Gasteiger partial charge on any atom is 0.220 e. The van der Waals surface area contributed by atoms with Gasteiger partial charge in [-0.2, -0.15) is 0 Å². The van der Waals surface area contributed by atoms with Crippen LogP contribution in [0.4, 0.5) is 0 Å². The molecule has 0 aromatic carbocycles. The first kappa shape index (κ1) is 14.5. The molecule has 0 radical (unpaired) electrons. The Bertz CT molecular complexity index is 236. The molecule has 2 heteroatoms. The summed E-state index contributed by atoms with van der Waals surface area (Å²) >= 11 is 0. The summed E-state index contributed by atoms with van der Waals surface area (Å²) in [6.45, 7) is 9.63. The van der Waals surface area contributed by atoms with Gasteiger partial charge in [0.25, 0.3) is 0 Å². The molecule has 0 aliphatic heterocycles. The minimum absolute atomic E-state index is 0.225. The predicted molar refractivity (Wildman–Crippen MR) is 72.8 cm³/mol. The molecule has 0 bridgehead atoms. The van der Waals surface area contributed by atoms with Crippen LogP contribution in [0, 0.1) is 17.3 Å². The smallest absolute Gasteiger partial charge is 0.220 e. The number of nitrogens with one attached hydrogen (secondary N) is 1. The van der Waals surface area contributed by atoms with Gasteiger partial charge in [0.1, 0.15) is 0 Å². The molecule has 2 nitrogen and oxygen atoms in total. The van der Waals surface area contributed by atoms with Crippen molar-refractivity contribution in [1.29, 1.82) is 0 Å². The summed E-state index contributed by atoms with van der Waals surface area (Å²) in [6.07, 6.45) is 7.35. The molecule has 1 fully saturated rings. The van der Waals surface area contributed by atoms with Crippen LogP contribution in [0.5, 0.6) is 0 Å². The van der Waals surface area contributed by atoms with Crippen molar-refractivity contribution in [3.63, 3.8) is 0 Å². The number of hydrogen-bond acceptors (Lipinski definition) is 1. The van der Waals surface area contributed by atoms with Gasteiger partial charge in [0.15, 0.2) is 0 Å². The van der Waals surface area contributed by atoms with E-state index in [1.165, 1.54) is 32.1 Å². The minimum atomic E-state index is 0.225. The Morgan fingerprint density at radius 2 is 1.88 bits per heavy atom. The fraction of sp³-hybridized carbons (Fsp3) is 0.933. The molecule has 1 atom stereocenters. The maximum atomic E-state index is 11.8. The number of amides is 1. The number of carbonyl (C=O) groups is 1. The third-order valence-corrected chi connectivity index (χ3v) is 4.32. The third-order valence-electron chi connectivity index (χ3n) is 4.32. The van der Waals surface area contributed by atoms with E-state index in [1.54, 1.807) is 0 Å². The Morgan fingerprint density at radius 1 is 1.29 bits per heavy atom. The second kappa shape index (κ2) is 6.42. The second-order valence-corrected chi connectivity index (χ2v) is 6.76. The van der Waals surface area contributed by atoms with Crippen LogP contribution in [0.1, 0.15) is 66.2 Å². The second-order valence-electron chi connectivity index (χ2n) is 6.76. The van der Waals surface area contributed by atoms with Gasteiger partial charge in [-0.15, -0.1) is 0 Å². The molecule has 100 valence electrons. The molecular formula is C15H29NO. The molecule has 0 saturated heterocycles. The largest absolute Gasteiger partial charge is 0.356 e. The highest BCUT2D eigenvalue weighted by Gasteiger charge is 2.22. The molecule has 0 aromatic rings. The Morgan fingerprint density at radius 3 is 2.41 bits per heavy atom. The van der Waals surface area contributed by atoms with Crippen molar-refractivity contribution in [2.75, 3.05) is 6.54 Å². The maximum absolute atomic E-state index is 11.8. The molecule has 1 unspecified atom stereocenters. The highest BCUT2D eigenvalue weighted by atomic mass is 16.1. The lowest BCUT2D eigenvalue weighted by atomic mass is 9.80. The fourth-order valence-corrected chi connectivity index (χ4v) is 2.37. The van der Waals surface area contributed by atoms with E-state index in [9.17, 15) is 4.79 Å². The normalized spacial score (nSPS) is 19.3. The SMILES string of the molecule is CC(CC(=O)NCCC1CCCC1)C(C)(C)C. The Balaban J connectivity index is 2.12. The van der Waals surface area contributed by atoms with E-state index in [1.807, 2.05) is 0 Å². The lowest BCUT2D eigenvalue weighted by Gasteiger charge is -2.26. The van der Waals surface area contributed by atoms with Crippen molar-refractivity contribution in [3.8, 4) is 0 Å². The van der Waals surface area contributed by atoms with Crippen LogP contribution in [0.2, 0.25) is 0 Å². The first-order valence-corrected chi connectivity index (χ1v) is 7.16. The van der Waals surface area contributed by atoms with Gasteiger partial charge in [-0.05, 0) is 23.7 Å². The van der Waals surface area contributed by atoms with E-state index in [0.717, 1.165) is 12.5 Å². The third kappa shape index (κ3) is 5.56. The van der Waals surface area contributed by atoms with Gasteiger partial charge in [0.2, 0.25) is 5.91 Å². The van der Waals surface area contributed by atoms with Gasteiger partial charge in [0, 0.05) is 13.0 Å². The average Bonchev–Trinajstić information content (AvgIpc) is 2.69. The molecule has 1 N–H and O–H groups in total. The van der Waals surface area contributed by atoms with Crippen LogP contribution < -0.4 is 5.32 Å². The van der Waals surface area contributed by atoms with Gasteiger partial charge in [0.05, 0.1) is 0 Å². The molecule has 1 rings (SSSR count). The quantitative estimate of drug-likeness (QED) is 0.777. The highest BCUT2D eigenvalue weighted by molar-refractivity contribution is 5.76. The van der Waals surface area contributed by atoms with E-state index >= 15 is 0 Å². The van der Waals surface area contributed by atoms with Gasteiger partial charge >= 0.3 is 0 Å². The van der Waals surface area contributed by atoms with Crippen molar-refractivity contribution < 1.29 is 4.79 Å². The molecule has 17 heavy (non-hydrogen) atoms. The predicted octanol–water partition coefficient (Wildman–Crippen LogP) is 3.76. The van der Waals surface area contributed by atoms with Crippen LogP contribution in [0.3, 0.4) is 0 Å². The van der Waals surface area contributed by atoms with Crippen LogP contribution in [0.25, 0.3) is 0 Å². The topological polar surface area (TPSA) is 29.1 Å². The van der Waals surface area contributed by atoms with E-state index < -0.39 is 0 Å². The first-order valence-electron chi connectivity index (χ1n) is 7.16. The van der Waals surface area contributed by atoms with E-state index in [2.05, 4.69) is 33.0 Å². The van der Waals surface area contributed by atoms with Crippen molar-refractivity contribution >= 4 is 5.91 Å². The molecule has 0 aromatic heterocycles. The summed E-state index contributed by atoms with van der Waals surface area (Å²) in [6, 6.07) is 0. The highest BCUT2D eigenvalue weighted by Crippen LogP contribution is 2.28. The fourth-order valence-electron chi connectivity index (χ4n) is 2.37.